The molecular weight excluding hydrogens is 356 g/mol. The molecule has 0 saturated carbocycles. The van der Waals surface area contributed by atoms with E-state index in [1.807, 2.05) is 0 Å². The molecule has 0 amide bonds. The summed E-state index contributed by atoms with van der Waals surface area (Å²) in [6.45, 7) is 6.05. The third kappa shape index (κ3) is 3.19. The van der Waals surface area contributed by atoms with Crippen LogP contribution >= 0.6 is 0 Å². The summed E-state index contributed by atoms with van der Waals surface area (Å²) in [6.07, 6.45) is -1.55. The van der Waals surface area contributed by atoms with E-state index in [4.69, 9.17) is 23.1 Å². The molecule has 5 atom stereocenters. The number of rotatable bonds is 7. The minimum absolute atomic E-state index is 0.0870. The summed E-state index contributed by atoms with van der Waals surface area (Å²) in [7, 11) is -3.67. The van der Waals surface area contributed by atoms with Crippen LogP contribution in [0.1, 0.15) is 20.3 Å². The molecule has 3 saturated heterocycles. The standard InChI is InChI=1S/C15H20O9S/c1-8(2)14(17)21-5-4-20-11(16)7-22-12-9-6-10-15(3,23-9)13(12)24-25(10,18)19/h9-10,12-13H,1,4-7H2,2-3H3. The Bertz CT molecular complexity index is 700. The van der Waals surface area contributed by atoms with Gasteiger partial charge in [0.2, 0.25) is 0 Å². The molecule has 0 spiro atoms. The van der Waals surface area contributed by atoms with Gasteiger partial charge in [-0.1, -0.05) is 6.58 Å². The highest BCUT2D eigenvalue weighted by atomic mass is 32.2. The predicted molar refractivity (Wildman–Crippen MR) is 81.9 cm³/mol. The van der Waals surface area contributed by atoms with E-state index in [9.17, 15) is 18.0 Å². The minimum atomic E-state index is -3.67. The zero-order chi connectivity index (χ0) is 18.4. The van der Waals surface area contributed by atoms with Crippen LogP contribution in [0.4, 0.5) is 0 Å². The lowest BCUT2D eigenvalue weighted by molar-refractivity contribution is -0.157. The topological polar surface area (TPSA) is 114 Å². The maximum Gasteiger partial charge on any atom is 0.333 e. The molecule has 5 unspecified atom stereocenters. The van der Waals surface area contributed by atoms with Crippen molar-refractivity contribution in [1.29, 1.82) is 0 Å². The molecular formula is C15H20O9S. The Hall–Kier alpha value is -1.49. The van der Waals surface area contributed by atoms with E-state index in [0.29, 0.717) is 0 Å². The summed E-state index contributed by atoms with van der Waals surface area (Å²) >= 11 is 0. The third-order valence-corrected chi connectivity index (χ3v) is 6.46. The first-order valence-electron chi connectivity index (χ1n) is 7.85. The first-order chi connectivity index (χ1) is 11.6. The SMILES string of the molecule is C=C(C)C(=O)OCCOC(=O)COC1C2CC3C(C)(O2)C1OS3(=O)=O. The lowest BCUT2D eigenvalue weighted by Gasteiger charge is -2.26. The van der Waals surface area contributed by atoms with Crippen molar-refractivity contribution in [3.8, 4) is 0 Å². The van der Waals surface area contributed by atoms with Gasteiger partial charge >= 0.3 is 11.9 Å². The molecule has 25 heavy (non-hydrogen) atoms. The molecule has 0 aliphatic carbocycles. The Morgan fingerprint density at radius 2 is 1.96 bits per heavy atom. The van der Waals surface area contributed by atoms with Gasteiger partial charge in [0.15, 0.2) is 0 Å². The van der Waals surface area contributed by atoms with E-state index in [-0.39, 0.29) is 31.8 Å². The fourth-order valence-electron chi connectivity index (χ4n) is 3.45. The van der Waals surface area contributed by atoms with E-state index in [1.165, 1.54) is 6.92 Å². The van der Waals surface area contributed by atoms with Crippen molar-refractivity contribution in [2.45, 2.75) is 49.4 Å². The van der Waals surface area contributed by atoms with Gasteiger partial charge in [-0.25, -0.2) is 9.59 Å². The van der Waals surface area contributed by atoms with Crippen LogP contribution < -0.4 is 0 Å². The molecule has 0 aromatic rings. The van der Waals surface area contributed by atoms with Crippen LogP contribution in [-0.2, 0) is 42.8 Å². The second kappa shape index (κ2) is 6.35. The van der Waals surface area contributed by atoms with Crippen molar-refractivity contribution in [1.82, 2.24) is 0 Å². The monoisotopic (exact) mass is 376 g/mol. The minimum Gasteiger partial charge on any atom is -0.460 e. The van der Waals surface area contributed by atoms with Gasteiger partial charge in [0.05, 0.1) is 6.10 Å². The Labute approximate surface area is 145 Å². The summed E-state index contributed by atoms with van der Waals surface area (Å²) in [5.74, 6) is -1.22. The molecule has 3 rings (SSSR count). The first kappa shape index (κ1) is 18.3. The zero-order valence-corrected chi connectivity index (χ0v) is 14.7. The molecule has 3 heterocycles. The highest BCUT2D eigenvalue weighted by Gasteiger charge is 2.73. The highest BCUT2D eigenvalue weighted by Crippen LogP contribution is 2.54. The van der Waals surface area contributed by atoms with Crippen molar-refractivity contribution >= 4 is 22.1 Å². The molecule has 0 aromatic carbocycles. The van der Waals surface area contributed by atoms with Gasteiger partial charge in [-0.3, -0.25) is 4.18 Å². The number of hydrogen-bond acceptors (Lipinski definition) is 9. The van der Waals surface area contributed by atoms with Gasteiger partial charge in [-0.15, -0.1) is 0 Å². The van der Waals surface area contributed by atoms with Crippen LogP contribution in [0, 0.1) is 0 Å². The number of hydrogen-bond donors (Lipinski definition) is 0. The van der Waals surface area contributed by atoms with Crippen LogP contribution in [-0.4, -0.2) is 69.3 Å². The number of ether oxygens (including phenoxy) is 4. The summed E-state index contributed by atoms with van der Waals surface area (Å²) in [4.78, 5) is 22.8. The smallest absolute Gasteiger partial charge is 0.333 e. The zero-order valence-electron chi connectivity index (χ0n) is 13.9. The Kier molecular flexibility index (Phi) is 4.65. The number of carbonyl (C=O) groups excluding carboxylic acids is 2. The average Bonchev–Trinajstić information content (AvgIpc) is 3.03. The lowest BCUT2D eigenvalue weighted by atomic mass is 9.85. The summed E-state index contributed by atoms with van der Waals surface area (Å²) in [6, 6.07) is 0. The summed E-state index contributed by atoms with van der Waals surface area (Å²) in [5.41, 5.74) is -0.682. The number of carbonyl (C=O) groups is 2. The summed E-state index contributed by atoms with van der Waals surface area (Å²) < 4.78 is 49.9. The third-order valence-electron chi connectivity index (χ3n) is 4.63. The molecule has 3 aliphatic rings. The van der Waals surface area contributed by atoms with Crippen molar-refractivity contribution in [2.24, 2.45) is 0 Å². The molecule has 10 heteroatoms. The van der Waals surface area contributed by atoms with Gasteiger partial charge in [0.25, 0.3) is 10.1 Å². The van der Waals surface area contributed by atoms with Gasteiger partial charge in [-0.05, 0) is 20.3 Å². The van der Waals surface area contributed by atoms with Gasteiger partial charge in [0.1, 0.15) is 42.9 Å². The van der Waals surface area contributed by atoms with E-state index in [1.54, 1.807) is 6.92 Å². The fraction of sp³-hybridized carbons (Fsp3) is 0.733. The van der Waals surface area contributed by atoms with Crippen LogP contribution in [0.15, 0.2) is 12.2 Å². The normalized spacial score (nSPS) is 37.0. The number of esters is 2. The van der Waals surface area contributed by atoms with Gasteiger partial charge in [-0.2, -0.15) is 8.42 Å². The van der Waals surface area contributed by atoms with E-state index in [2.05, 4.69) is 6.58 Å². The quantitative estimate of drug-likeness (QED) is 0.255. The predicted octanol–water partition coefficient (Wildman–Crippen LogP) is -0.307. The molecule has 140 valence electrons. The number of fused-ring (bicyclic) bond motifs is 1. The Morgan fingerprint density at radius 3 is 2.64 bits per heavy atom. The van der Waals surface area contributed by atoms with Crippen LogP contribution in [0.5, 0.6) is 0 Å². The fourth-order valence-corrected chi connectivity index (χ4v) is 5.36. The lowest BCUT2D eigenvalue weighted by Crippen LogP contribution is -2.48. The molecule has 3 fully saturated rings. The van der Waals surface area contributed by atoms with Crippen molar-refractivity contribution in [3.63, 3.8) is 0 Å². The molecule has 0 N–H and O–H groups in total. The van der Waals surface area contributed by atoms with Crippen molar-refractivity contribution in [3.05, 3.63) is 12.2 Å². The molecule has 3 aliphatic heterocycles. The molecule has 2 bridgehead atoms. The second-order valence-electron chi connectivity index (χ2n) is 6.49. The largest absolute Gasteiger partial charge is 0.460 e. The molecule has 0 aromatic heterocycles. The van der Waals surface area contributed by atoms with E-state index < -0.39 is 51.2 Å². The maximum atomic E-state index is 11.9. The van der Waals surface area contributed by atoms with Gasteiger partial charge in [0, 0.05) is 5.57 Å². The highest BCUT2D eigenvalue weighted by molar-refractivity contribution is 7.87. The van der Waals surface area contributed by atoms with Crippen molar-refractivity contribution < 1.29 is 41.1 Å². The van der Waals surface area contributed by atoms with Crippen LogP contribution in [0.2, 0.25) is 0 Å². The average molecular weight is 376 g/mol. The second-order valence-corrected chi connectivity index (χ2v) is 8.23. The maximum absolute atomic E-state index is 11.9. The van der Waals surface area contributed by atoms with E-state index in [0.717, 1.165) is 0 Å². The molecule has 9 nitrogen and oxygen atoms in total. The van der Waals surface area contributed by atoms with E-state index >= 15 is 0 Å². The summed E-state index contributed by atoms with van der Waals surface area (Å²) in [5, 5.41) is -0.690. The molecule has 0 radical (unpaired) electrons. The van der Waals surface area contributed by atoms with Crippen LogP contribution in [0.25, 0.3) is 0 Å². The Balaban J connectivity index is 1.44. The van der Waals surface area contributed by atoms with Crippen LogP contribution in [0.3, 0.4) is 0 Å². The Morgan fingerprint density at radius 1 is 1.28 bits per heavy atom. The first-order valence-corrected chi connectivity index (χ1v) is 9.32. The van der Waals surface area contributed by atoms with Crippen molar-refractivity contribution in [2.75, 3.05) is 19.8 Å². The van der Waals surface area contributed by atoms with Gasteiger partial charge < -0.3 is 18.9 Å².